The number of hydrogen-bond donors (Lipinski definition) is 0. The molecule has 1 aliphatic rings. The molecule has 2 aromatic heterocycles. The smallest absolute Gasteiger partial charge is 0.309 e. The average Bonchev–Trinajstić information content (AvgIpc) is 3.18. The Balaban J connectivity index is 1.54. The fourth-order valence-electron chi connectivity index (χ4n) is 4.22. The van der Waals surface area contributed by atoms with Crippen LogP contribution in [0.4, 0.5) is 0 Å². The Morgan fingerprint density at radius 1 is 1.17 bits per heavy atom. The van der Waals surface area contributed by atoms with Crippen molar-refractivity contribution in [3.05, 3.63) is 76.0 Å². The maximum atomic E-state index is 12.2. The van der Waals surface area contributed by atoms with Crippen molar-refractivity contribution in [2.24, 2.45) is 10.9 Å². The van der Waals surface area contributed by atoms with Crippen molar-refractivity contribution in [3.8, 4) is 5.69 Å². The van der Waals surface area contributed by atoms with E-state index in [-0.39, 0.29) is 25.7 Å². The van der Waals surface area contributed by atoms with Gasteiger partial charge in [-0.2, -0.15) is 0 Å². The number of carbonyl (C=O) groups is 2. The van der Waals surface area contributed by atoms with Crippen LogP contribution in [0.3, 0.4) is 0 Å². The van der Waals surface area contributed by atoms with Crippen molar-refractivity contribution in [1.82, 2.24) is 14.5 Å². The van der Waals surface area contributed by atoms with Gasteiger partial charge in [0.1, 0.15) is 11.9 Å². The van der Waals surface area contributed by atoms with Gasteiger partial charge in [-0.05, 0) is 57.0 Å². The van der Waals surface area contributed by atoms with Crippen LogP contribution >= 0.6 is 15.9 Å². The number of aliphatic imine (C=N–C) groups is 1. The molecule has 188 valence electrons. The summed E-state index contributed by atoms with van der Waals surface area (Å²) >= 11 is 3.60. The number of imidazole rings is 1. The topological polar surface area (TPSA) is 95.7 Å². The van der Waals surface area contributed by atoms with Crippen LogP contribution in [0.5, 0.6) is 0 Å². The maximum absolute atomic E-state index is 12.2. The zero-order valence-electron chi connectivity index (χ0n) is 20.6. The molecule has 0 bridgehead atoms. The van der Waals surface area contributed by atoms with Crippen molar-refractivity contribution in [3.63, 3.8) is 0 Å². The largest absolute Gasteiger partial charge is 0.466 e. The van der Waals surface area contributed by atoms with Gasteiger partial charge in [0.05, 0.1) is 42.6 Å². The van der Waals surface area contributed by atoms with Crippen LogP contribution in [0.2, 0.25) is 0 Å². The summed E-state index contributed by atoms with van der Waals surface area (Å²) in [7, 11) is 0. The monoisotopic (exact) mass is 552 g/mol. The third kappa shape index (κ3) is 5.73. The lowest BCUT2D eigenvalue weighted by Crippen LogP contribution is -2.19. The Morgan fingerprint density at radius 2 is 2.00 bits per heavy atom. The molecule has 9 heteroatoms. The molecule has 0 saturated carbocycles. The van der Waals surface area contributed by atoms with Crippen LogP contribution < -0.4 is 0 Å². The first-order valence-corrected chi connectivity index (χ1v) is 12.8. The van der Waals surface area contributed by atoms with E-state index in [2.05, 4.69) is 37.6 Å². The van der Waals surface area contributed by atoms with E-state index >= 15 is 0 Å². The number of carbonyl (C=O) groups excluding carboxylic acids is 2. The first-order chi connectivity index (χ1) is 17.4. The van der Waals surface area contributed by atoms with E-state index in [0.717, 1.165) is 38.6 Å². The van der Waals surface area contributed by atoms with Crippen molar-refractivity contribution in [2.45, 2.75) is 46.1 Å². The predicted octanol–water partition coefficient (Wildman–Crippen LogP) is 5.14. The molecule has 3 heterocycles. The number of esters is 2. The van der Waals surface area contributed by atoms with E-state index in [9.17, 15) is 9.59 Å². The summed E-state index contributed by atoms with van der Waals surface area (Å²) in [5, 5.41) is 0. The normalized spacial score (nSPS) is 15.2. The van der Waals surface area contributed by atoms with Gasteiger partial charge in [-0.15, -0.1) is 0 Å². The van der Waals surface area contributed by atoms with Crippen LogP contribution in [0.15, 0.2) is 58.3 Å². The van der Waals surface area contributed by atoms with E-state index < -0.39 is 17.9 Å². The van der Waals surface area contributed by atoms with Gasteiger partial charge >= 0.3 is 11.9 Å². The molecular formula is C27H29BrN4O4. The zero-order valence-corrected chi connectivity index (χ0v) is 22.2. The van der Waals surface area contributed by atoms with E-state index in [0.29, 0.717) is 12.8 Å². The molecule has 8 nitrogen and oxygen atoms in total. The number of pyridine rings is 1. The SMILES string of the molecule is CCOC(=O)C(C)CC(=O)OCCC[C@@H]1N=C(c2ccccn2)c2cc(Br)ccc2-n2c(C)cnc21. The standard InChI is InChI=1S/C27H29BrN4O4/c1-4-35-27(34)17(2)14-24(33)36-13-7-9-22-26-30-16-18(3)32(26)23-11-10-19(28)15-20(23)25(31-22)21-8-5-6-12-29-21/h5-6,8,10-12,15-17,22H,4,7,9,13-14H2,1-3H3/t17?,22-/m0/s1. The van der Waals surface area contributed by atoms with Crippen molar-refractivity contribution in [1.29, 1.82) is 0 Å². The lowest BCUT2D eigenvalue weighted by atomic mass is 10.0. The maximum Gasteiger partial charge on any atom is 0.309 e. The highest BCUT2D eigenvalue weighted by Gasteiger charge is 2.28. The summed E-state index contributed by atoms with van der Waals surface area (Å²) in [5.41, 5.74) is 4.55. The molecular weight excluding hydrogens is 524 g/mol. The molecule has 0 radical (unpaired) electrons. The van der Waals surface area contributed by atoms with Gasteiger partial charge in [0.25, 0.3) is 0 Å². The number of aromatic nitrogens is 3. The predicted molar refractivity (Wildman–Crippen MR) is 139 cm³/mol. The van der Waals surface area contributed by atoms with Crippen LogP contribution in [0, 0.1) is 12.8 Å². The number of fused-ring (bicyclic) bond motifs is 3. The van der Waals surface area contributed by atoms with E-state index in [1.54, 1.807) is 20.0 Å². The molecule has 0 amide bonds. The summed E-state index contributed by atoms with van der Waals surface area (Å²) < 4.78 is 13.5. The number of rotatable bonds is 9. The van der Waals surface area contributed by atoms with E-state index in [4.69, 9.17) is 19.5 Å². The molecule has 0 spiro atoms. The molecule has 1 aliphatic heterocycles. The van der Waals surface area contributed by atoms with Crippen molar-refractivity contribution in [2.75, 3.05) is 13.2 Å². The van der Waals surface area contributed by atoms with Crippen LogP contribution in [-0.4, -0.2) is 45.4 Å². The Labute approximate surface area is 218 Å². The molecule has 1 unspecified atom stereocenters. The van der Waals surface area contributed by atoms with Gasteiger partial charge in [-0.25, -0.2) is 4.98 Å². The summed E-state index contributed by atoms with van der Waals surface area (Å²) in [5.74, 6) is -0.497. The molecule has 1 aromatic carbocycles. The number of halogens is 1. The van der Waals surface area contributed by atoms with Gasteiger partial charge in [0.2, 0.25) is 0 Å². The molecule has 0 saturated heterocycles. The average molecular weight is 553 g/mol. The minimum Gasteiger partial charge on any atom is -0.466 e. The fraction of sp³-hybridized carbons (Fsp3) is 0.370. The summed E-state index contributed by atoms with van der Waals surface area (Å²) in [6.07, 6.45) is 4.83. The quantitative estimate of drug-likeness (QED) is 0.269. The molecule has 0 fully saturated rings. The van der Waals surface area contributed by atoms with Gasteiger partial charge in [0, 0.05) is 28.1 Å². The number of benzene rings is 1. The summed E-state index contributed by atoms with van der Waals surface area (Å²) in [6.45, 7) is 5.95. The molecule has 0 aliphatic carbocycles. The first kappa shape index (κ1) is 25.8. The van der Waals surface area contributed by atoms with Gasteiger partial charge < -0.3 is 9.47 Å². The Hall–Kier alpha value is -3.33. The summed E-state index contributed by atoms with van der Waals surface area (Å²) in [6, 6.07) is 11.7. The molecule has 36 heavy (non-hydrogen) atoms. The van der Waals surface area contributed by atoms with Gasteiger partial charge in [-0.3, -0.25) is 24.1 Å². The third-order valence-corrected chi connectivity index (χ3v) is 6.45. The lowest BCUT2D eigenvalue weighted by molar-refractivity contribution is -0.154. The number of hydrogen-bond acceptors (Lipinski definition) is 7. The summed E-state index contributed by atoms with van der Waals surface area (Å²) in [4.78, 5) is 38.4. The van der Waals surface area contributed by atoms with Crippen LogP contribution in [0.25, 0.3) is 5.69 Å². The minimum absolute atomic E-state index is 0.00196. The van der Waals surface area contributed by atoms with Crippen LogP contribution in [0.1, 0.15) is 61.9 Å². The Kier molecular flexibility index (Phi) is 8.30. The molecule has 0 N–H and O–H groups in total. The number of nitrogens with zero attached hydrogens (tertiary/aromatic N) is 4. The van der Waals surface area contributed by atoms with Crippen LogP contribution in [-0.2, 0) is 19.1 Å². The van der Waals surface area contributed by atoms with E-state index in [1.165, 1.54) is 0 Å². The highest BCUT2D eigenvalue weighted by Crippen LogP contribution is 2.34. The third-order valence-electron chi connectivity index (χ3n) is 5.96. The second kappa shape index (κ2) is 11.6. The second-order valence-corrected chi connectivity index (χ2v) is 9.60. The Bertz CT molecular complexity index is 1270. The van der Waals surface area contributed by atoms with E-state index in [1.807, 2.05) is 37.4 Å². The number of aryl methyl sites for hydroxylation is 1. The number of ether oxygens (including phenoxy) is 2. The fourth-order valence-corrected chi connectivity index (χ4v) is 4.58. The molecule has 4 rings (SSSR count). The lowest BCUT2D eigenvalue weighted by Gasteiger charge is -2.15. The van der Waals surface area contributed by atoms with Crippen molar-refractivity contribution < 1.29 is 19.1 Å². The zero-order chi connectivity index (χ0) is 25.7. The minimum atomic E-state index is -0.530. The highest BCUT2D eigenvalue weighted by molar-refractivity contribution is 9.10. The molecule has 2 atom stereocenters. The van der Waals surface area contributed by atoms with Crippen molar-refractivity contribution >= 4 is 33.6 Å². The van der Waals surface area contributed by atoms with Gasteiger partial charge in [-0.1, -0.05) is 28.9 Å². The van der Waals surface area contributed by atoms with Gasteiger partial charge in [0.15, 0.2) is 0 Å². The second-order valence-electron chi connectivity index (χ2n) is 8.68. The first-order valence-electron chi connectivity index (χ1n) is 12.0. The highest BCUT2D eigenvalue weighted by atomic mass is 79.9. The Morgan fingerprint density at radius 3 is 2.75 bits per heavy atom. The molecule has 3 aromatic rings.